The fourth-order valence-corrected chi connectivity index (χ4v) is 2.44. The van der Waals surface area contributed by atoms with E-state index in [2.05, 4.69) is 12.1 Å². The second-order valence-corrected chi connectivity index (χ2v) is 5.61. The maximum atomic E-state index is 9.10. The molecule has 1 aromatic heterocycles. The second-order valence-electron chi connectivity index (χ2n) is 5.61. The fourth-order valence-electron chi connectivity index (χ4n) is 2.44. The quantitative estimate of drug-likeness (QED) is 0.606. The minimum Gasteiger partial charge on any atom is -0.473 e. The molecule has 0 fully saturated rings. The number of carboxylic acid groups (broad SMARTS) is 2. The van der Waals surface area contributed by atoms with Crippen molar-refractivity contribution in [3.63, 3.8) is 0 Å². The number of rotatable bonds is 2. The summed E-state index contributed by atoms with van der Waals surface area (Å²) in [5.41, 5.74) is 10.2. The van der Waals surface area contributed by atoms with E-state index in [9.17, 15) is 0 Å². The molecule has 0 aliphatic rings. The van der Waals surface area contributed by atoms with Crippen LogP contribution >= 0.6 is 0 Å². The van der Waals surface area contributed by atoms with E-state index < -0.39 is 11.9 Å². The molecule has 0 atom stereocenters. The molecule has 1 heterocycles. The van der Waals surface area contributed by atoms with Crippen LogP contribution in [0, 0.1) is 0 Å². The largest absolute Gasteiger partial charge is 0.473 e. The molecule has 7 nitrogen and oxygen atoms in total. The Labute approximate surface area is 150 Å². The minimum atomic E-state index is -1.82. The average molecular weight is 353 g/mol. The molecule has 134 valence electrons. The summed E-state index contributed by atoms with van der Waals surface area (Å²) in [6.45, 7) is 0. The Morgan fingerprint density at radius 2 is 1.46 bits per heavy atom. The molecular formula is C19H19N3O4. The lowest BCUT2D eigenvalue weighted by Crippen LogP contribution is -2.13. The highest BCUT2D eigenvalue weighted by Crippen LogP contribution is 2.37. The first-order valence-electron chi connectivity index (χ1n) is 7.70. The van der Waals surface area contributed by atoms with Crippen molar-refractivity contribution in [2.75, 3.05) is 24.7 Å². The lowest BCUT2D eigenvalue weighted by atomic mass is 10.0. The van der Waals surface area contributed by atoms with Gasteiger partial charge >= 0.3 is 11.9 Å². The number of carbonyl (C=O) groups is 2. The lowest BCUT2D eigenvalue weighted by Gasteiger charge is -2.19. The van der Waals surface area contributed by atoms with Gasteiger partial charge < -0.3 is 20.8 Å². The molecule has 0 saturated heterocycles. The van der Waals surface area contributed by atoms with Crippen LogP contribution in [0.3, 0.4) is 0 Å². The first kappa shape index (κ1) is 18.7. The number of hydrogen-bond acceptors (Lipinski definition) is 5. The van der Waals surface area contributed by atoms with Gasteiger partial charge in [-0.2, -0.15) is 0 Å². The molecule has 7 heteroatoms. The van der Waals surface area contributed by atoms with E-state index in [0.29, 0.717) is 0 Å². The summed E-state index contributed by atoms with van der Waals surface area (Å²) in [5.74, 6) is -2.75. The highest BCUT2D eigenvalue weighted by Gasteiger charge is 2.15. The van der Waals surface area contributed by atoms with Gasteiger partial charge in [0.15, 0.2) is 0 Å². The highest BCUT2D eigenvalue weighted by atomic mass is 16.4. The number of para-hydroxylation sites is 1. The molecule has 4 N–H and O–H groups in total. The number of fused-ring (bicyclic) bond motifs is 1. The van der Waals surface area contributed by atoms with Crippen LogP contribution in [-0.4, -0.2) is 41.2 Å². The van der Waals surface area contributed by atoms with Crippen LogP contribution in [0.2, 0.25) is 0 Å². The Morgan fingerprint density at radius 1 is 0.923 bits per heavy atom. The van der Waals surface area contributed by atoms with E-state index >= 15 is 0 Å². The zero-order valence-corrected chi connectivity index (χ0v) is 14.4. The van der Waals surface area contributed by atoms with Crippen molar-refractivity contribution in [1.82, 2.24) is 4.98 Å². The molecule has 0 aliphatic heterocycles. The smallest absolute Gasteiger partial charge is 0.414 e. The van der Waals surface area contributed by atoms with Gasteiger partial charge in [-0.15, -0.1) is 0 Å². The van der Waals surface area contributed by atoms with Crippen molar-refractivity contribution in [3.05, 3.63) is 54.6 Å². The third kappa shape index (κ3) is 4.07. The molecule has 0 aliphatic carbocycles. The molecule has 3 rings (SSSR count). The summed E-state index contributed by atoms with van der Waals surface area (Å²) in [4.78, 5) is 25.0. The molecule has 0 spiro atoms. The van der Waals surface area contributed by atoms with E-state index in [-0.39, 0.29) is 0 Å². The van der Waals surface area contributed by atoms with Gasteiger partial charge in [-0.25, -0.2) is 14.6 Å². The monoisotopic (exact) mass is 353 g/mol. The molecule has 3 aromatic rings. The van der Waals surface area contributed by atoms with Crippen LogP contribution in [0.1, 0.15) is 0 Å². The number of anilines is 2. The van der Waals surface area contributed by atoms with Crippen molar-refractivity contribution in [2.24, 2.45) is 0 Å². The number of hydrogen-bond donors (Lipinski definition) is 3. The normalized spacial score (nSPS) is 9.92. The van der Waals surface area contributed by atoms with Gasteiger partial charge in [0.25, 0.3) is 0 Å². The Morgan fingerprint density at radius 3 is 2.00 bits per heavy atom. The second kappa shape index (κ2) is 7.98. The molecule has 0 unspecified atom stereocenters. The zero-order valence-electron chi connectivity index (χ0n) is 14.4. The summed E-state index contributed by atoms with van der Waals surface area (Å²) < 4.78 is 0. The predicted molar refractivity (Wildman–Crippen MR) is 101 cm³/mol. The first-order valence-corrected chi connectivity index (χ1v) is 7.70. The summed E-state index contributed by atoms with van der Waals surface area (Å²) >= 11 is 0. The number of aromatic nitrogens is 1. The Bertz CT molecular complexity index is 928. The van der Waals surface area contributed by atoms with Crippen LogP contribution in [0.15, 0.2) is 54.6 Å². The molecule has 0 amide bonds. The molecule has 0 radical (unpaired) electrons. The van der Waals surface area contributed by atoms with E-state index in [4.69, 9.17) is 30.5 Å². The zero-order chi connectivity index (χ0) is 19.3. The number of nitrogen functional groups attached to an aromatic ring is 1. The minimum absolute atomic E-state index is 0.783. The maximum absolute atomic E-state index is 9.10. The summed E-state index contributed by atoms with van der Waals surface area (Å²) in [6, 6.07) is 18.2. The van der Waals surface area contributed by atoms with Crippen LogP contribution in [0.4, 0.5) is 11.5 Å². The number of nitrogens with two attached hydrogens (primary N) is 1. The molecule has 2 aromatic carbocycles. The van der Waals surface area contributed by atoms with Gasteiger partial charge in [0.2, 0.25) is 0 Å². The average Bonchev–Trinajstić information content (AvgIpc) is 2.62. The van der Waals surface area contributed by atoms with Crippen molar-refractivity contribution < 1.29 is 19.8 Å². The van der Waals surface area contributed by atoms with E-state index in [1.807, 2.05) is 61.5 Å². The topological polar surface area (TPSA) is 117 Å². The van der Waals surface area contributed by atoms with Gasteiger partial charge in [0.1, 0.15) is 5.82 Å². The highest BCUT2D eigenvalue weighted by molar-refractivity contribution is 6.27. The third-order valence-corrected chi connectivity index (χ3v) is 3.58. The Hall–Kier alpha value is -3.61. The lowest BCUT2D eigenvalue weighted by molar-refractivity contribution is -0.159. The van der Waals surface area contributed by atoms with Crippen molar-refractivity contribution >= 4 is 34.3 Å². The Balaban J connectivity index is 0.000000352. The van der Waals surface area contributed by atoms with Crippen molar-refractivity contribution in [2.45, 2.75) is 0 Å². The molecule has 0 saturated carbocycles. The number of aliphatic carboxylic acids is 2. The van der Waals surface area contributed by atoms with Gasteiger partial charge in [-0.05, 0) is 11.6 Å². The summed E-state index contributed by atoms with van der Waals surface area (Å²) in [5, 5.41) is 15.8. The van der Waals surface area contributed by atoms with E-state index in [0.717, 1.165) is 33.5 Å². The number of pyridine rings is 1. The summed E-state index contributed by atoms with van der Waals surface area (Å²) in [6.07, 6.45) is 0. The predicted octanol–water partition coefficient (Wildman–Crippen LogP) is 2.71. The van der Waals surface area contributed by atoms with Gasteiger partial charge in [0.05, 0.1) is 11.2 Å². The van der Waals surface area contributed by atoms with E-state index in [1.165, 1.54) is 0 Å². The standard InChI is InChI=1S/C17H17N3.C2H2O4/c1-20(2)17-15(12-8-4-3-5-9-12)16(18)13-10-6-7-11-14(13)19-17;3-1(4)2(5)6/h3-11H,1-2H3,(H2,18,19);(H,3,4)(H,5,6). The van der Waals surface area contributed by atoms with Crippen LogP contribution in [0.5, 0.6) is 0 Å². The fraction of sp³-hybridized carbons (Fsp3) is 0.105. The van der Waals surface area contributed by atoms with Gasteiger partial charge in [0, 0.05) is 25.0 Å². The van der Waals surface area contributed by atoms with Gasteiger partial charge in [-0.3, -0.25) is 0 Å². The SMILES string of the molecule is CN(C)c1nc2ccccc2c(N)c1-c1ccccc1.O=C(O)C(=O)O. The van der Waals surface area contributed by atoms with Crippen molar-refractivity contribution in [3.8, 4) is 11.1 Å². The van der Waals surface area contributed by atoms with Gasteiger partial charge in [-0.1, -0.05) is 48.5 Å². The third-order valence-electron chi connectivity index (χ3n) is 3.58. The Kier molecular flexibility index (Phi) is 5.74. The number of benzene rings is 2. The van der Waals surface area contributed by atoms with Crippen molar-refractivity contribution in [1.29, 1.82) is 0 Å². The van der Waals surface area contributed by atoms with Crippen LogP contribution < -0.4 is 10.6 Å². The van der Waals surface area contributed by atoms with Crippen LogP contribution in [-0.2, 0) is 9.59 Å². The van der Waals surface area contributed by atoms with Crippen LogP contribution in [0.25, 0.3) is 22.0 Å². The molecule has 0 bridgehead atoms. The maximum Gasteiger partial charge on any atom is 0.414 e. The summed E-state index contributed by atoms with van der Waals surface area (Å²) in [7, 11) is 3.98. The molecule has 26 heavy (non-hydrogen) atoms. The number of carboxylic acids is 2. The first-order chi connectivity index (χ1) is 12.3. The number of nitrogens with zero attached hydrogens (tertiary/aromatic N) is 2. The molecular weight excluding hydrogens is 334 g/mol. The van der Waals surface area contributed by atoms with E-state index in [1.54, 1.807) is 0 Å².